The predicted molar refractivity (Wildman–Crippen MR) is 78.3 cm³/mol. The topological polar surface area (TPSA) is 68.0 Å². The van der Waals surface area contributed by atoms with Gasteiger partial charge in [-0.1, -0.05) is 11.8 Å². The molecule has 1 atom stereocenters. The lowest BCUT2D eigenvalue weighted by Crippen LogP contribution is -2.23. The molecule has 0 saturated carbocycles. The van der Waals surface area contributed by atoms with Gasteiger partial charge in [0.25, 0.3) is 0 Å². The number of nitrogens with two attached hydrogens (primary N) is 1. The van der Waals surface area contributed by atoms with Crippen molar-refractivity contribution in [1.29, 1.82) is 0 Å². The molecule has 6 heteroatoms. The second kappa shape index (κ2) is 5.69. The highest BCUT2D eigenvalue weighted by atomic mass is 32.2. The van der Waals surface area contributed by atoms with E-state index in [-0.39, 0.29) is 11.9 Å². The van der Waals surface area contributed by atoms with Crippen LogP contribution in [0, 0.1) is 0 Å². The van der Waals surface area contributed by atoms with Gasteiger partial charge in [-0.3, -0.25) is 4.79 Å². The van der Waals surface area contributed by atoms with Gasteiger partial charge in [0.05, 0.1) is 10.2 Å². The molecule has 1 amide bonds. The van der Waals surface area contributed by atoms with E-state index in [0.717, 1.165) is 20.2 Å². The van der Waals surface area contributed by atoms with Gasteiger partial charge in [-0.25, -0.2) is 4.98 Å². The van der Waals surface area contributed by atoms with Crippen molar-refractivity contribution in [3.63, 3.8) is 0 Å². The minimum Gasteiger partial charge on any atom is -0.327 e. The lowest BCUT2D eigenvalue weighted by atomic mass is 10.2. The fourth-order valence-corrected chi connectivity index (χ4v) is 3.10. The Labute approximate surface area is 114 Å². The van der Waals surface area contributed by atoms with Crippen LogP contribution in [0.5, 0.6) is 0 Å². The smallest absolute Gasteiger partial charge is 0.225 e. The van der Waals surface area contributed by atoms with E-state index in [1.807, 2.05) is 31.4 Å². The van der Waals surface area contributed by atoms with Crippen molar-refractivity contribution in [2.45, 2.75) is 23.7 Å². The second-order valence-electron chi connectivity index (χ2n) is 4.10. The first-order valence-corrected chi connectivity index (χ1v) is 7.62. The highest BCUT2D eigenvalue weighted by molar-refractivity contribution is 8.00. The normalized spacial score (nSPS) is 12.6. The lowest BCUT2D eigenvalue weighted by Gasteiger charge is -2.06. The average Bonchev–Trinajstić information content (AvgIpc) is 2.69. The van der Waals surface area contributed by atoms with Crippen LogP contribution in [-0.2, 0) is 4.79 Å². The molecule has 0 aliphatic heterocycles. The summed E-state index contributed by atoms with van der Waals surface area (Å²) >= 11 is 3.25. The minimum absolute atomic E-state index is 0.0565. The van der Waals surface area contributed by atoms with Gasteiger partial charge in [-0.2, -0.15) is 0 Å². The van der Waals surface area contributed by atoms with E-state index in [4.69, 9.17) is 5.73 Å². The number of benzene rings is 1. The van der Waals surface area contributed by atoms with Gasteiger partial charge in [-0.15, -0.1) is 11.3 Å². The SMILES string of the molecule is CSc1nc2ccc(NC(=O)CC(C)N)cc2s1. The Morgan fingerprint density at radius 1 is 1.61 bits per heavy atom. The molecule has 18 heavy (non-hydrogen) atoms. The third-order valence-electron chi connectivity index (χ3n) is 2.33. The molecule has 0 aliphatic carbocycles. The fraction of sp³-hybridized carbons (Fsp3) is 0.333. The van der Waals surface area contributed by atoms with Crippen LogP contribution in [-0.4, -0.2) is 23.2 Å². The monoisotopic (exact) mass is 281 g/mol. The molecular weight excluding hydrogens is 266 g/mol. The number of hydrogen-bond donors (Lipinski definition) is 2. The number of rotatable bonds is 4. The van der Waals surface area contributed by atoms with E-state index in [0.29, 0.717) is 6.42 Å². The summed E-state index contributed by atoms with van der Waals surface area (Å²) in [6, 6.07) is 5.62. The maximum atomic E-state index is 11.6. The van der Waals surface area contributed by atoms with Crippen LogP contribution >= 0.6 is 23.1 Å². The molecule has 1 aromatic heterocycles. The van der Waals surface area contributed by atoms with Crippen molar-refractivity contribution in [1.82, 2.24) is 4.98 Å². The molecule has 2 aromatic rings. The number of hydrogen-bond acceptors (Lipinski definition) is 5. The second-order valence-corrected chi connectivity index (χ2v) is 6.18. The molecule has 2 rings (SSSR count). The minimum atomic E-state index is -0.125. The standard InChI is InChI=1S/C12H15N3OS2/c1-7(13)5-11(16)14-8-3-4-9-10(6-8)18-12(15-9)17-2/h3-4,6-7H,5,13H2,1-2H3,(H,14,16). The molecule has 4 nitrogen and oxygen atoms in total. The van der Waals surface area contributed by atoms with Crippen molar-refractivity contribution < 1.29 is 4.79 Å². The largest absolute Gasteiger partial charge is 0.327 e. The van der Waals surface area contributed by atoms with E-state index >= 15 is 0 Å². The highest BCUT2D eigenvalue weighted by Crippen LogP contribution is 2.29. The molecule has 0 aliphatic rings. The summed E-state index contributed by atoms with van der Waals surface area (Å²) in [5.74, 6) is -0.0565. The molecule has 1 unspecified atom stereocenters. The molecule has 3 N–H and O–H groups in total. The van der Waals surface area contributed by atoms with E-state index in [9.17, 15) is 4.79 Å². The summed E-state index contributed by atoms with van der Waals surface area (Å²) in [6.45, 7) is 1.82. The zero-order chi connectivity index (χ0) is 13.1. The maximum absolute atomic E-state index is 11.6. The highest BCUT2D eigenvalue weighted by Gasteiger charge is 2.07. The Balaban J connectivity index is 2.16. The van der Waals surface area contributed by atoms with Crippen molar-refractivity contribution in [2.75, 3.05) is 11.6 Å². The number of thiazole rings is 1. The number of anilines is 1. The number of thioether (sulfide) groups is 1. The number of carbonyl (C=O) groups excluding carboxylic acids is 1. The summed E-state index contributed by atoms with van der Waals surface area (Å²) in [5, 5.41) is 2.85. The molecule has 1 heterocycles. The molecule has 0 saturated heterocycles. The first-order valence-electron chi connectivity index (χ1n) is 5.58. The summed E-state index contributed by atoms with van der Waals surface area (Å²) in [7, 11) is 0. The van der Waals surface area contributed by atoms with E-state index in [1.165, 1.54) is 0 Å². The molecule has 96 valence electrons. The molecule has 0 bridgehead atoms. The van der Waals surface area contributed by atoms with Crippen LogP contribution < -0.4 is 11.1 Å². The van der Waals surface area contributed by atoms with Crippen molar-refractivity contribution >= 4 is 44.9 Å². The van der Waals surface area contributed by atoms with E-state index in [1.54, 1.807) is 23.1 Å². The summed E-state index contributed by atoms with van der Waals surface area (Å²) in [4.78, 5) is 16.1. The Morgan fingerprint density at radius 2 is 2.39 bits per heavy atom. The van der Waals surface area contributed by atoms with Crippen LogP contribution in [0.1, 0.15) is 13.3 Å². The van der Waals surface area contributed by atoms with Gasteiger partial charge >= 0.3 is 0 Å². The molecular formula is C12H15N3OS2. The Morgan fingerprint density at radius 3 is 3.06 bits per heavy atom. The van der Waals surface area contributed by atoms with E-state index in [2.05, 4.69) is 10.3 Å². The quantitative estimate of drug-likeness (QED) is 0.846. The fourth-order valence-electron chi connectivity index (χ4n) is 1.57. The Hall–Kier alpha value is -1.11. The molecule has 0 spiro atoms. The van der Waals surface area contributed by atoms with Gasteiger partial charge in [0.1, 0.15) is 0 Å². The summed E-state index contributed by atoms with van der Waals surface area (Å²) in [5.41, 5.74) is 7.35. The van der Waals surface area contributed by atoms with Crippen molar-refractivity contribution in [3.8, 4) is 0 Å². The van der Waals surface area contributed by atoms with Crippen LogP contribution in [0.3, 0.4) is 0 Å². The summed E-state index contributed by atoms with van der Waals surface area (Å²) < 4.78 is 2.11. The lowest BCUT2D eigenvalue weighted by molar-refractivity contribution is -0.116. The first-order chi connectivity index (χ1) is 8.58. The van der Waals surface area contributed by atoms with Crippen molar-refractivity contribution in [2.24, 2.45) is 5.73 Å². The predicted octanol–water partition coefficient (Wildman–Crippen LogP) is 2.69. The van der Waals surface area contributed by atoms with Crippen LogP contribution in [0.2, 0.25) is 0 Å². The van der Waals surface area contributed by atoms with Crippen molar-refractivity contribution in [3.05, 3.63) is 18.2 Å². The third kappa shape index (κ3) is 3.22. The molecule has 1 aromatic carbocycles. The Kier molecular flexibility index (Phi) is 4.21. The number of nitrogens with zero attached hydrogens (tertiary/aromatic N) is 1. The number of aromatic nitrogens is 1. The zero-order valence-electron chi connectivity index (χ0n) is 10.3. The first kappa shape index (κ1) is 13.3. The maximum Gasteiger partial charge on any atom is 0.225 e. The Bertz CT molecular complexity index is 565. The number of amides is 1. The van der Waals surface area contributed by atoms with Gasteiger partial charge in [-0.05, 0) is 31.4 Å². The van der Waals surface area contributed by atoms with Gasteiger partial charge in [0.2, 0.25) is 5.91 Å². The van der Waals surface area contributed by atoms with Gasteiger partial charge < -0.3 is 11.1 Å². The summed E-state index contributed by atoms with van der Waals surface area (Å²) in [6.07, 6.45) is 2.33. The van der Waals surface area contributed by atoms with Crippen LogP contribution in [0.15, 0.2) is 22.5 Å². The zero-order valence-corrected chi connectivity index (χ0v) is 11.9. The number of nitrogens with one attached hydrogen (secondary N) is 1. The molecule has 0 radical (unpaired) electrons. The van der Waals surface area contributed by atoms with E-state index < -0.39 is 0 Å². The van der Waals surface area contributed by atoms with Gasteiger partial charge in [0, 0.05) is 18.2 Å². The third-order valence-corrected chi connectivity index (χ3v) is 4.34. The number of carbonyl (C=O) groups is 1. The van der Waals surface area contributed by atoms with Crippen LogP contribution in [0.4, 0.5) is 5.69 Å². The van der Waals surface area contributed by atoms with Gasteiger partial charge in [0.15, 0.2) is 4.34 Å². The van der Waals surface area contributed by atoms with Crippen LogP contribution in [0.25, 0.3) is 10.2 Å². The average molecular weight is 281 g/mol. The molecule has 0 fully saturated rings. The number of fused-ring (bicyclic) bond motifs is 1.